The van der Waals surface area contributed by atoms with Crippen LogP contribution >= 0.6 is 0 Å². The molecular formula is C13H23FO4. The van der Waals surface area contributed by atoms with Gasteiger partial charge in [-0.25, -0.2) is 4.39 Å². The molecule has 1 aliphatic heterocycles. The largest absolute Gasteiger partial charge is 0.379 e. The third kappa shape index (κ3) is 3.02. The minimum atomic E-state index is -0.861. The SMILES string of the molecule is COC1CC(F)C(CC(C)C2OC2O)CC1OC. The lowest BCUT2D eigenvalue weighted by Crippen LogP contribution is -2.43. The van der Waals surface area contributed by atoms with Crippen molar-refractivity contribution in [3.8, 4) is 0 Å². The zero-order valence-electron chi connectivity index (χ0n) is 11.2. The molecule has 1 N–H and O–H groups in total. The van der Waals surface area contributed by atoms with Gasteiger partial charge in [0.05, 0.1) is 12.2 Å². The molecule has 1 saturated heterocycles. The van der Waals surface area contributed by atoms with Crippen LogP contribution in [0, 0.1) is 11.8 Å². The lowest BCUT2D eigenvalue weighted by molar-refractivity contribution is -0.0947. The van der Waals surface area contributed by atoms with Crippen LogP contribution < -0.4 is 0 Å². The molecule has 1 aliphatic carbocycles. The highest BCUT2D eigenvalue weighted by Gasteiger charge is 2.45. The Kier molecular flexibility index (Phi) is 4.59. The molecule has 0 radical (unpaired) electrons. The predicted molar refractivity (Wildman–Crippen MR) is 63.9 cm³/mol. The van der Waals surface area contributed by atoms with E-state index >= 15 is 0 Å². The van der Waals surface area contributed by atoms with Gasteiger partial charge in [-0.15, -0.1) is 0 Å². The van der Waals surface area contributed by atoms with Crippen molar-refractivity contribution in [1.82, 2.24) is 0 Å². The molecule has 0 aromatic heterocycles. The number of rotatable bonds is 5. The standard InChI is InChI=1S/C13H23FO4/c1-7(12-13(15)18-12)4-8-5-10(16-2)11(17-3)6-9(8)14/h7-13,15H,4-6H2,1-3H3. The van der Waals surface area contributed by atoms with E-state index in [1.165, 1.54) is 0 Å². The summed E-state index contributed by atoms with van der Waals surface area (Å²) < 4.78 is 29.8. The second-order valence-corrected chi connectivity index (χ2v) is 5.50. The Morgan fingerprint density at radius 2 is 1.83 bits per heavy atom. The molecule has 4 nitrogen and oxygen atoms in total. The van der Waals surface area contributed by atoms with Crippen LogP contribution in [0.2, 0.25) is 0 Å². The van der Waals surface area contributed by atoms with E-state index in [0.717, 1.165) is 6.42 Å². The molecule has 106 valence electrons. The van der Waals surface area contributed by atoms with Gasteiger partial charge in [0, 0.05) is 20.6 Å². The number of aliphatic hydroxyl groups is 1. The Morgan fingerprint density at radius 3 is 2.33 bits per heavy atom. The maximum absolute atomic E-state index is 14.1. The summed E-state index contributed by atoms with van der Waals surface area (Å²) in [5.41, 5.74) is 0. The van der Waals surface area contributed by atoms with Gasteiger partial charge in [0.2, 0.25) is 0 Å². The van der Waals surface area contributed by atoms with Crippen molar-refractivity contribution in [2.45, 2.75) is 57.0 Å². The summed E-state index contributed by atoms with van der Waals surface area (Å²) in [4.78, 5) is 0. The molecule has 0 amide bonds. The highest BCUT2D eigenvalue weighted by Crippen LogP contribution is 2.38. The maximum atomic E-state index is 14.1. The van der Waals surface area contributed by atoms with Crippen molar-refractivity contribution >= 4 is 0 Å². The minimum absolute atomic E-state index is 0.0345. The third-order valence-electron chi connectivity index (χ3n) is 4.26. The third-order valence-corrected chi connectivity index (χ3v) is 4.26. The number of hydrogen-bond donors (Lipinski definition) is 1. The van der Waals surface area contributed by atoms with Crippen molar-refractivity contribution in [3.05, 3.63) is 0 Å². The summed E-state index contributed by atoms with van der Waals surface area (Å²) in [5, 5.41) is 9.21. The van der Waals surface area contributed by atoms with Gasteiger partial charge in [0.1, 0.15) is 12.3 Å². The zero-order chi connectivity index (χ0) is 13.3. The van der Waals surface area contributed by atoms with Crippen molar-refractivity contribution in [1.29, 1.82) is 0 Å². The van der Waals surface area contributed by atoms with Crippen LogP contribution in [0.5, 0.6) is 0 Å². The van der Waals surface area contributed by atoms with Gasteiger partial charge in [-0.3, -0.25) is 0 Å². The Balaban J connectivity index is 1.88. The smallest absolute Gasteiger partial charge is 0.182 e. The fourth-order valence-corrected chi connectivity index (χ4v) is 3.05. The van der Waals surface area contributed by atoms with Crippen LogP contribution in [0.1, 0.15) is 26.2 Å². The molecule has 0 spiro atoms. The summed E-state index contributed by atoms with van der Waals surface area (Å²) in [7, 11) is 3.24. The van der Waals surface area contributed by atoms with Crippen molar-refractivity contribution in [3.63, 3.8) is 0 Å². The lowest BCUT2D eigenvalue weighted by Gasteiger charge is -2.37. The minimum Gasteiger partial charge on any atom is -0.379 e. The van der Waals surface area contributed by atoms with Crippen molar-refractivity contribution < 1.29 is 23.7 Å². The molecule has 7 unspecified atom stereocenters. The molecule has 2 fully saturated rings. The molecule has 2 aliphatic rings. The van der Waals surface area contributed by atoms with Gasteiger partial charge in [-0.2, -0.15) is 0 Å². The molecule has 2 rings (SSSR count). The molecule has 0 aromatic rings. The van der Waals surface area contributed by atoms with Crippen LogP contribution in [-0.4, -0.2) is 50.1 Å². The molecule has 18 heavy (non-hydrogen) atoms. The highest BCUT2D eigenvalue weighted by molar-refractivity contribution is 4.90. The second kappa shape index (κ2) is 5.82. The molecule has 0 aromatic carbocycles. The maximum Gasteiger partial charge on any atom is 0.182 e. The summed E-state index contributed by atoms with van der Waals surface area (Å²) in [6, 6.07) is 0. The van der Waals surface area contributed by atoms with E-state index in [9.17, 15) is 9.50 Å². The molecule has 5 heteroatoms. The number of epoxide rings is 1. The van der Waals surface area contributed by atoms with E-state index in [-0.39, 0.29) is 30.1 Å². The number of aliphatic hydroxyl groups excluding tert-OH is 1. The normalized spacial score (nSPS) is 45.8. The lowest BCUT2D eigenvalue weighted by atomic mass is 9.78. The van der Waals surface area contributed by atoms with E-state index in [1.807, 2.05) is 6.92 Å². The average Bonchev–Trinajstić information content (AvgIpc) is 3.08. The molecule has 1 heterocycles. The second-order valence-electron chi connectivity index (χ2n) is 5.50. The highest BCUT2D eigenvalue weighted by atomic mass is 19.1. The first kappa shape index (κ1) is 14.2. The fraction of sp³-hybridized carbons (Fsp3) is 1.00. The Hall–Kier alpha value is -0.230. The zero-order valence-corrected chi connectivity index (χ0v) is 11.2. The predicted octanol–water partition coefficient (Wildman–Crippen LogP) is 1.51. The first-order chi connectivity index (χ1) is 8.56. The monoisotopic (exact) mass is 262 g/mol. The fourth-order valence-electron chi connectivity index (χ4n) is 3.05. The molecular weight excluding hydrogens is 239 g/mol. The van der Waals surface area contributed by atoms with E-state index in [2.05, 4.69) is 0 Å². The van der Waals surface area contributed by atoms with E-state index in [0.29, 0.717) is 12.8 Å². The van der Waals surface area contributed by atoms with Crippen molar-refractivity contribution in [2.75, 3.05) is 14.2 Å². The summed E-state index contributed by atoms with van der Waals surface area (Å²) in [6.07, 6.45) is -0.0311. The molecule has 7 atom stereocenters. The molecule has 1 saturated carbocycles. The van der Waals surface area contributed by atoms with Gasteiger partial charge < -0.3 is 19.3 Å². The first-order valence-electron chi connectivity index (χ1n) is 6.60. The number of ether oxygens (including phenoxy) is 3. The van der Waals surface area contributed by atoms with Crippen LogP contribution in [0.3, 0.4) is 0 Å². The van der Waals surface area contributed by atoms with E-state index in [4.69, 9.17) is 14.2 Å². The summed E-state index contributed by atoms with van der Waals surface area (Å²) >= 11 is 0. The van der Waals surface area contributed by atoms with Crippen LogP contribution in [-0.2, 0) is 14.2 Å². The van der Waals surface area contributed by atoms with Gasteiger partial charge in [-0.1, -0.05) is 6.92 Å². The van der Waals surface area contributed by atoms with Crippen LogP contribution in [0.25, 0.3) is 0 Å². The molecule has 0 bridgehead atoms. The van der Waals surface area contributed by atoms with Crippen LogP contribution in [0.4, 0.5) is 4.39 Å². The van der Waals surface area contributed by atoms with E-state index < -0.39 is 12.5 Å². The quantitative estimate of drug-likeness (QED) is 0.763. The number of hydrogen-bond acceptors (Lipinski definition) is 4. The number of alkyl halides is 1. The Bertz CT molecular complexity index is 274. The number of methoxy groups -OCH3 is 2. The summed E-state index contributed by atoms with van der Waals surface area (Å²) in [5.74, 6) is 0.146. The topological polar surface area (TPSA) is 51.2 Å². The van der Waals surface area contributed by atoms with E-state index in [1.54, 1.807) is 14.2 Å². The van der Waals surface area contributed by atoms with Crippen LogP contribution in [0.15, 0.2) is 0 Å². The Morgan fingerprint density at radius 1 is 1.28 bits per heavy atom. The summed E-state index contributed by atoms with van der Waals surface area (Å²) in [6.45, 7) is 2.00. The van der Waals surface area contributed by atoms with Gasteiger partial charge in [-0.05, 0) is 24.7 Å². The average molecular weight is 262 g/mol. The first-order valence-corrected chi connectivity index (χ1v) is 6.60. The van der Waals surface area contributed by atoms with Gasteiger partial charge in [0.15, 0.2) is 6.29 Å². The number of halogens is 1. The van der Waals surface area contributed by atoms with Gasteiger partial charge in [0.25, 0.3) is 0 Å². The van der Waals surface area contributed by atoms with Gasteiger partial charge >= 0.3 is 0 Å². The Labute approximate surface area is 107 Å². The van der Waals surface area contributed by atoms with Crippen molar-refractivity contribution in [2.24, 2.45) is 11.8 Å².